The summed E-state index contributed by atoms with van der Waals surface area (Å²) in [6.45, 7) is 1.86. The molecule has 3 aromatic rings. The molecule has 2 atom stereocenters. The number of hydrogen-bond acceptors (Lipinski definition) is 3. The Labute approximate surface area is 171 Å². The van der Waals surface area contributed by atoms with Gasteiger partial charge >= 0.3 is 0 Å². The smallest absolute Gasteiger partial charge is 0.157 e. The SMILES string of the molecule is O=S(NC1CCNCC1)c1cn(S(=O)c2ccccc2)c2cccc(Br)c12. The predicted molar refractivity (Wildman–Crippen MR) is 113 cm³/mol. The normalized spacial score (nSPS) is 17.8. The zero-order valence-electron chi connectivity index (χ0n) is 14.6. The molecule has 1 saturated heterocycles. The molecule has 142 valence electrons. The highest BCUT2D eigenvalue weighted by atomic mass is 79.9. The fourth-order valence-corrected chi connectivity index (χ4v) is 6.45. The van der Waals surface area contributed by atoms with E-state index in [4.69, 9.17) is 0 Å². The maximum atomic E-state index is 13.1. The van der Waals surface area contributed by atoms with E-state index in [9.17, 15) is 8.42 Å². The molecule has 8 heteroatoms. The number of fused-ring (bicyclic) bond motifs is 1. The van der Waals surface area contributed by atoms with E-state index >= 15 is 0 Å². The Balaban J connectivity index is 1.75. The van der Waals surface area contributed by atoms with E-state index in [-0.39, 0.29) is 6.04 Å². The summed E-state index contributed by atoms with van der Waals surface area (Å²) in [6.07, 6.45) is 3.64. The van der Waals surface area contributed by atoms with E-state index < -0.39 is 22.0 Å². The molecule has 1 aromatic heterocycles. The molecule has 0 amide bonds. The van der Waals surface area contributed by atoms with Crippen LogP contribution in [0.1, 0.15) is 12.8 Å². The van der Waals surface area contributed by atoms with E-state index in [0.29, 0.717) is 9.79 Å². The van der Waals surface area contributed by atoms with Gasteiger partial charge in [0.1, 0.15) is 11.0 Å². The Kier molecular flexibility index (Phi) is 5.89. The Morgan fingerprint density at radius 3 is 2.52 bits per heavy atom. The molecule has 5 nitrogen and oxygen atoms in total. The van der Waals surface area contributed by atoms with E-state index in [1.807, 2.05) is 48.5 Å². The standard InChI is InChI=1S/C19H20BrN3O2S2/c20-16-7-4-8-17-19(16)18(26(24)22-14-9-11-21-12-10-14)13-23(17)27(25)15-5-2-1-3-6-15/h1-8,13-14,21-22H,9-12H2. The fourth-order valence-electron chi connectivity index (χ4n) is 3.26. The molecule has 1 fully saturated rings. The Morgan fingerprint density at radius 2 is 1.78 bits per heavy atom. The zero-order valence-corrected chi connectivity index (χ0v) is 17.8. The van der Waals surface area contributed by atoms with Gasteiger partial charge in [-0.05, 0) is 50.2 Å². The summed E-state index contributed by atoms with van der Waals surface area (Å²) >= 11 is 3.58. The number of benzene rings is 2. The third-order valence-electron chi connectivity index (χ3n) is 4.65. The lowest BCUT2D eigenvalue weighted by molar-refractivity contribution is 0.435. The van der Waals surface area contributed by atoms with Gasteiger partial charge in [0.25, 0.3) is 0 Å². The number of nitrogens with zero attached hydrogens (tertiary/aromatic N) is 1. The minimum absolute atomic E-state index is 0.215. The summed E-state index contributed by atoms with van der Waals surface area (Å²) < 4.78 is 32.0. The molecule has 1 aliphatic heterocycles. The van der Waals surface area contributed by atoms with Gasteiger partial charge < -0.3 is 5.32 Å². The molecule has 27 heavy (non-hydrogen) atoms. The first-order chi connectivity index (χ1) is 13.1. The van der Waals surface area contributed by atoms with E-state index in [2.05, 4.69) is 26.0 Å². The fraction of sp³-hybridized carbons (Fsp3) is 0.263. The second-order valence-corrected chi connectivity index (χ2v) is 9.86. The van der Waals surface area contributed by atoms with E-state index in [1.165, 1.54) is 0 Å². The number of nitrogens with one attached hydrogen (secondary N) is 2. The Morgan fingerprint density at radius 1 is 1.04 bits per heavy atom. The highest BCUT2D eigenvalue weighted by molar-refractivity contribution is 9.10. The van der Waals surface area contributed by atoms with Crippen LogP contribution in [0.15, 0.2) is 69.0 Å². The van der Waals surface area contributed by atoms with Crippen LogP contribution in [0.4, 0.5) is 0 Å². The average molecular weight is 466 g/mol. The van der Waals surface area contributed by atoms with Crippen LogP contribution in [0.25, 0.3) is 10.9 Å². The van der Waals surface area contributed by atoms with Gasteiger partial charge in [-0.15, -0.1) is 0 Å². The predicted octanol–water partition coefficient (Wildman–Crippen LogP) is 3.34. The van der Waals surface area contributed by atoms with Crippen LogP contribution >= 0.6 is 15.9 Å². The van der Waals surface area contributed by atoms with Crippen LogP contribution in [0, 0.1) is 0 Å². The number of aromatic nitrogens is 1. The van der Waals surface area contributed by atoms with Crippen molar-refractivity contribution in [2.45, 2.75) is 28.7 Å². The maximum absolute atomic E-state index is 13.1. The minimum atomic E-state index is -1.41. The largest absolute Gasteiger partial charge is 0.317 e. The third-order valence-corrected chi connectivity index (χ3v) is 7.90. The lowest BCUT2D eigenvalue weighted by atomic mass is 10.1. The first-order valence-corrected chi connectivity index (χ1v) is 11.9. The maximum Gasteiger partial charge on any atom is 0.157 e. The summed E-state index contributed by atoms with van der Waals surface area (Å²) in [5.74, 6) is 0. The molecule has 1 aliphatic rings. The van der Waals surface area contributed by atoms with Crippen molar-refractivity contribution in [1.82, 2.24) is 14.0 Å². The van der Waals surface area contributed by atoms with Gasteiger partial charge in [-0.1, -0.05) is 40.2 Å². The molecule has 0 spiro atoms. The molecule has 2 aromatic carbocycles. The monoisotopic (exact) mass is 465 g/mol. The molecule has 0 bridgehead atoms. The van der Waals surface area contributed by atoms with Crippen molar-refractivity contribution in [1.29, 1.82) is 0 Å². The number of hydrogen-bond donors (Lipinski definition) is 2. The van der Waals surface area contributed by atoms with Gasteiger partial charge in [0.05, 0.1) is 15.3 Å². The number of piperidine rings is 1. The molecule has 0 aliphatic carbocycles. The molecule has 2 heterocycles. The molecule has 4 rings (SSSR count). The highest BCUT2D eigenvalue weighted by Gasteiger charge is 2.22. The summed E-state index contributed by atoms with van der Waals surface area (Å²) in [4.78, 5) is 1.36. The Hall–Kier alpha value is -1.32. The summed E-state index contributed by atoms with van der Waals surface area (Å²) in [7, 11) is -2.79. The summed E-state index contributed by atoms with van der Waals surface area (Å²) in [5, 5.41) is 4.15. The molecular weight excluding hydrogens is 446 g/mol. The number of halogens is 1. The van der Waals surface area contributed by atoms with Crippen LogP contribution in [-0.4, -0.2) is 31.5 Å². The van der Waals surface area contributed by atoms with Crippen LogP contribution in [0.3, 0.4) is 0 Å². The van der Waals surface area contributed by atoms with Gasteiger partial charge in [0.2, 0.25) is 0 Å². The van der Waals surface area contributed by atoms with Gasteiger partial charge in [-0.25, -0.2) is 13.1 Å². The lowest BCUT2D eigenvalue weighted by Crippen LogP contribution is -2.40. The highest BCUT2D eigenvalue weighted by Crippen LogP contribution is 2.32. The van der Waals surface area contributed by atoms with E-state index in [0.717, 1.165) is 41.3 Å². The number of rotatable bonds is 5. The van der Waals surface area contributed by atoms with Crippen LogP contribution < -0.4 is 10.0 Å². The van der Waals surface area contributed by atoms with Crippen molar-refractivity contribution in [2.75, 3.05) is 13.1 Å². The van der Waals surface area contributed by atoms with Crippen molar-refractivity contribution in [3.8, 4) is 0 Å². The quantitative estimate of drug-likeness (QED) is 0.607. The van der Waals surface area contributed by atoms with E-state index in [1.54, 1.807) is 10.2 Å². The van der Waals surface area contributed by atoms with Crippen molar-refractivity contribution in [3.63, 3.8) is 0 Å². The first-order valence-electron chi connectivity index (χ1n) is 8.80. The van der Waals surface area contributed by atoms with Gasteiger partial charge in [0.15, 0.2) is 11.0 Å². The van der Waals surface area contributed by atoms with Gasteiger partial charge in [-0.2, -0.15) is 0 Å². The van der Waals surface area contributed by atoms with Crippen LogP contribution in [0.5, 0.6) is 0 Å². The van der Waals surface area contributed by atoms with Crippen LogP contribution in [-0.2, 0) is 22.0 Å². The molecule has 0 radical (unpaired) electrons. The second-order valence-electron chi connectivity index (χ2n) is 6.43. The first kappa shape index (κ1) is 19.0. The molecule has 0 saturated carbocycles. The zero-order chi connectivity index (χ0) is 18.8. The van der Waals surface area contributed by atoms with Crippen LogP contribution in [0.2, 0.25) is 0 Å². The lowest BCUT2D eigenvalue weighted by Gasteiger charge is -2.22. The van der Waals surface area contributed by atoms with Crippen molar-refractivity contribution < 1.29 is 8.42 Å². The summed E-state index contributed by atoms with van der Waals surface area (Å²) in [6, 6.07) is 15.3. The second kappa shape index (κ2) is 8.36. The van der Waals surface area contributed by atoms with Crippen molar-refractivity contribution in [2.24, 2.45) is 0 Å². The molecular formula is C19H20BrN3O2S2. The van der Waals surface area contributed by atoms with Crippen molar-refractivity contribution >= 4 is 48.8 Å². The topological polar surface area (TPSA) is 63.1 Å². The van der Waals surface area contributed by atoms with Gasteiger partial charge in [-0.3, -0.25) is 3.97 Å². The molecule has 2 unspecified atom stereocenters. The average Bonchev–Trinajstić information content (AvgIpc) is 3.10. The minimum Gasteiger partial charge on any atom is -0.317 e. The Bertz CT molecular complexity index is 1000. The summed E-state index contributed by atoms with van der Waals surface area (Å²) in [5.41, 5.74) is 0.794. The molecule has 2 N–H and O–H groups in total. The third kappa shape index (κ3) is 3.95. The van der Waals surface area contributed by atoms with Crippen molar-refractivity contribution in [3.05, 3.63) is 59.2 Å². The van der Waals surface area contributed by atoms with Gasteiger partial charge in [0, 0.05) is 22.1 Å².